The first-order valence-corrected chi connectivity index (χ1v) is 5.32. The standard InChI is InChI=1S/C12H14F2O/c13-10-7-3-6-9(11(10)14)12(15)8-4-1-2-5-8/h3,6-8,12,15H,1-2,4-5H2. The van der Waals surface area contributed by atoms with Gasteiger partial charge in [-0.05, 0) is 24.8 Å². The quantitative estimate of drug-likeness (QED) is 0.798. The molecule has 2 rings (SSSR count). The molecule has 15 heavy (non-hydrogen) atoms. The van der Waals surface area contributed by atoms with Crippen molar-refractivity contribution in [2.75, 3.05) is 0 Å². The highest BCUT2D eigenvalue weighted by molar-refractivity contribution is 5.22. The average molecular weight is 212 g/mol. The van der Waals surface area contributed by atoms with Crippen LogP contribution < -0.4 is 0 Å². The lowest BCUT2D eigenvalue weighted by atomic mass is 9.94. The summed E-state index contributed by atoms with van der Waals surface area (Å²) in [5, 5.41) is 9.92. The molecule has 1 fully saturated rings. The average Bonchev–Trinajstić information content (AvgIpc) is 2.74. The van der Waals surface area contributed by atoms with Gasteiger partial charge in [-0.3, -0.25) is 0 Å². The van der Waals surface area contributed by atoms with E-state index in [1.54, 1.807) is 0 Å². The van der Waals surface area contributed by atoms with Gasteiger partial charge in [-0.15, -0.1) is 0 Å². The molecule has 1 saturated carbocycles. The molecule has 1 aliphatic carbocycles. The molecule has 1 aliphatic rings. The van der Waals surface area contributed by atoms with E-state index in [4.69, 9.17) is 0 Å². The second kappa shape index (κ2) is 4.27. The Hall–Kier alpha value is -0.960. The molecule has 3 heteroatoms. The van der Waals surface area contributed by atoms with Gasteiger partial charge in [0.15, 0.2) is 11.6 Å². The number of halogens is 2. The van der Waals surface area contributed by atoms with Crippen LogP contribution in [0.5, 0.6) is 0 Å². The zero-order valence-corrected chi connectivity index (χ0v) is 8.42. The highest BCUT2D eigenvalue weighted by Crippen LogP contribution is 2.36. The first-order chi connectivity index (χ1) is 7.20. The van der Waals surface area contributed by atoms with Crippen molar-refractivity contribution >= 4 is 0 Å². The Labute approximate surface area is 87.7 Å². The Bertz CT molecular complexity index is 345. The number of aliphatic hydroxyl groups excluding tert-OH is 1. The largest absolute Gasteiger partial charge is 0.388 e. The first-order valence-electron chi connectivity index (χ1n) is 5.32. The molecule has 1 unspecified atom stereocenters. The summed E-state index contributed by atoms with van der Waals surface area (Å²) in [5.74, 6) is -1.71. The van der Waals surface area contributed by atoms with Crippen LogP contribution in [0.15, 0.2) is 18.2 Å². The molecule has 0 amide bonds. The molecule has 0 heterocycles. The van der Waals surface area contributed by atoms with Gasteiger partial charge in [0.25, 0.3) is 0 Å². The van der Waals surface area contributed by atoms with Crippen molar-refractivity contribution < 1.29 is 13.9 Å². The van der Waals surface area contributed by atoms with Crippen LogP contribution in [0.3, 0.4) is 0 Å². The summed E-state index contributed by atoms with van der Waals surface area (Å²) in [7, 11) is 0. The van der Waals surface area contributed by atoms with Crippen LogP contribution >= 0.6 is 0 Å². The number of benzene rings is 1. The van der Waals surface area contributed by atoms with Crippen molar-refractivity contribution in [1.29, 1.82) is 0 Å². The minimum absolute atomic E-state index is 0.0845. The van der Waals surface area contributed by atoms with Crippen molar-refractivity contribution in [1.82, 2.24) is 0 Å². The number of aliphatic hydroxyl groups is 1. The summed E-state index contributed by atoms with van der Waals surface area (Å²) in [4.78, 5) is 0. The molecule has 0 spiro atoms. The van der Waals surface area contributed by atoms with Gasteiger partial charge >= 0.3 is 0 Å². The first kappa shape index (κ1) is 10.6. The monoisotopic (exact) mass is 212 g/mol. The third-order valence-corrected chi connectivity index (χ3v) is 3.15. The fraction of sp³-hybridized carbons (Fsp3) is 0.500. The van der Waals surface area contributed by atoms with Crippen LogP contribution in [0.25, 0.3) is 0 Å². The van der Waals surface area contributed by atoms with Gasteiger partial charge in [0.2, 0.25) is 0 Å². The maximum absolute atomic E-state index is 13.4. The van der Waals surface area contributed by atoms with Gasteiger partial charge in [0.05, 0.1) is 6.10 Å². The third kappa shape index (κ3) is 2.02. The van der Waals surface area contributed by atoms with Crippen LogP contribution in [0.4, 0.5) is 8.78 Å². The van der Waals surface area contributed by atoms with E-state index in [0.717, 1.165) is 31.7 Å². The predicted octanol–water partition coefficient (Wildman–Crippen LogP) is 3.19. The van der Waals surface area contributed by atoms with E-state index < -0.39 is 17.7 Å². The van der Waals surface area contributed by atoms with Crippen molar-refractivity contribution in [2.24, 2.45) is 5.92 Å². The molecule has 1 nitrogen and oxygen atoms in total. The third-order valence-electron chi connectivity index (χ3n) is 3.15. The zero-order chi connectivity index (χ0) is 10.8. The SMILES string of the molecule is OC(c1cccc(F)c1F)C1CCCC1. The lowest BCUT2D eigenvalue weighted by molar-refractivity contribution is 0.107. The maximum Gasteiger partial charge on any atom is 0.164 e. The second-order valence-corrected chi connectivity index (χ2v) is 4.13. The van der Waals surface area contributed by atoms with E-state index in [2.05, 4.69) is 0 Å². The van der Waals surface area contributed by atoms with E-state index in [9.17, 15) is 13.9 Å². The van der Waals surface area contributed by atoms with Gasteiger partial charge in [0, 0.05) is 5.56 Å². The fourth-order valence-corrected chi connectivity index (χ4v) is 2.28. The fourth-order valence-electron chi connectivity index (χ4n) is 2.28. The highest BCUT2D eigenvalue weighted by atomic mass is 19.2. The summed E-state index contributed by atoms with van der Waals surface area (Å²) >= 11 is 0. The zero-order valence-electron chi connectivity index (χ0n) is 8.42. The van der Waals surface area contributed by atoms with E-state index >= 15 is 0 Å². The van der Waals surface area contributed by atoms with Gasteiger partial charge in [-0.25, -0.2) is 8.78 Å². The molecule has 0 bridgehead atoms. The number of hydrogen-bond acceptors (Lipinski definition) is 1. The summed E-state index contributed by atoms with van der Waals surface area (Å²) in [6.07, 6.45) is 3.08. The van der Waals surface area contributed by atoms with Crippen LogP contribution in [-0.2, 0) is 0 Å². The Balaban J connectivity index is 2.24. The summed E-state index contributed by atoms with van der Waals surface area (Å²) < 4.78 is 26.3. The molecular formula is C12H14F2O. The summed E-state index contributed by atoms with van der Waals surface area (Å²) in [6.45, 7) is 0. The Morgan fingerprint density at radius 1 is 1.20 bits per heavy atom. The smallest absolute Gasteiger partial charge is 0.164 e. The molecule has 0 aliphatic heterocycles. The lowest BCUT2D eigenvalue weighted by Gasteiger charge is -2.18. The van der Waals surface area contributed by atoms with Crippen molar-refractivity contribution in [3.63, 3.8) is 0 Å². The molecule has 1 aromatic rings. The van der Waals surface area contributed by atoms with E-state index in [1.807, 2.05) is 0 Å². The van der Waals surface area contributed by atoms with Crippen LogP contribution in [0.2, 0.25) is 0 Å². The molecule has 1 aromatic carbocycles. The van der Waals surface area contributed by atoms with Crippen molar-refractivity contribution in [3.05, 3.63) is 35.4 Å². The van der Waals surface area contributed by atoms with Gasteiger partial charge in [0.1, 0.15) is 0 Å². The van der Waals surface area contributed by atoms with Crippen molar-refractivity contribution in [3.8, 4) is 0 Å². The van der Waals surface area contributed by atoms with Crippen LogP contribution in [0, 0.1) is 17.6 Å². The Morgan fingerprint density at radius 2 is 1.87 bits per heavy atom. The molecule has 1 atom stereocenters. The normalized spacial score (nSPS) is 19.4. The van der Waals surface area contributed by atoms with Gasteiger partial charge < -0.3 is 5.11 Å². The van der Waals surface area contributed by atoms with Crippen LogP contribution in [-0.4, -0.2) is 5.11 Å². The summed E-state index contributed by atoms with van der Waals surface area (Å²) in [6, 6.07) is 3.97. The van der Waals surface area contributed by atoms with Gasteiger partial charge in [-0.1, -0.05) is 25.0 Å². The molecule has 1 N–H and O–H groups in total. The molecule has 0 aromatic heterocycles. The van der Waals surface area contributed by atoms with Crippen molar-refractivity contribution in [2.45, 2.75) is 31.8 Å². The van der Waals surface area contributed by atoms with E-state index in [0.29, 0.717) is 0 Å². The number of rotatable bonds is 2. The van der Waals surface area contributed by atoms with Gasteiger partial charge in [-0.2, -0.15) is 0 Å². The molecule has 0 radical (unpaired) electrons. The molecular weight excluding hydrogens is 198 g/mol. The molecule has 0 saturated heterocycles. The molecule has 82 valence electrons. The van der Waals surface area contributed by atoms with Crippen LogP contribution in [0.1, 0.15) is 37.4 Å². The van der Waals surface area contributed by atoms with E-state index in [1.165, 1.54) is 12.1 Å². The van der Waals surface area contributed by atoms with E-state index in [-0.39, 0.29) is 11.5 Å². The number of hydrogen-bond donors (Lipinski definition) is 1. The lowest BCUT2D eigenvalue weighted by Crippen LogP contribution is -2.11. The Morgan fingerprint density at radius 3 is 2.53 bits per heavy atom. The minimum atomic E-state index is -0.906. The summed E-state index contributed by atoms with van der Waals surface area (Å²) in [5.41, 5.74) is 0.0990. The topological polar surface area (TPSA) is 20.2 Å². The second-order valence-electron chi connectivity index (χ2n) is 4.13. The minimum Gasteiger partial charge on any atom is -0.388 e. The highest BCUT2D eigenvalue weighted by Gasteiger charge is 2.27. The maximum atomic E-state index is 13.4. The predicted molar refractivity (Wildman–Crippen MR) is 53.3 cm³/mol. The Kier molecular flexibility index (Phi) is 3.00.